The normalized spacial score (nSPS) is 18.4. The van der Waals surface area contributed by atoms with E-state index in [-0.39, 0.29) is 6.10 Å². The fourth-order valence-corrected chi connectivity index (χ4v) is 2.36. The smallest absolute Gasteiger partial charge is 0.334 e. The summed E-state index contributed by atoms with van der Waals surface area (Å²) in [5.74, 6) is 0.143. The van der Waals surface area contributed by atoms with Crippen LogP contribution in [-0.2, 0) is 14.3 Å². The Labute approximate surface area is 117 Å². The van der Waals surface area contributed by atoms with Crippen molar-refractivity contribution in [2.24, 2.45) is 0 Å². The first kappa shape index (κ1) is 12.5. The second kappa shape index (κ2) is 5.21. The number of rotatable bonds is 2. The van der Waals surface area contributed by atoms with Gasteiger partial charge in [0.15, 0.2) is 0 Å². The van der Waals surface area contributed by atoms with E-state index in [4.69, 9.17) is 4.74 Å². The lowest BCUT2D eigenvalue weighted by Gasteiger charge is -2.12. The van der Waals surface area contributed by atoms with E-state index < -0.39 is 5.97 Å². The number of fused-ring (bicyclic) bond motifs is 1. The molecule has 0 radical (unpaired) electrons. The van der Waals surface area contributed by atoms with E-state index in [1.807, 2.05) is 54.6 Å². The summed E-state index contributed by atoms with van der Waals surface area (Å²) in [6, 6.07) is 17.8. The van der Waals surface area contributed by atoms with Gasteiger partial charge >= 0.3 is 5.97 Å². The molecular formula is C17H14O3. The van der Waals surface area contributed by atoms with Gasteiger partial charge in [-0.3, -0.25) is 0 Å². The highest BCUT2D eigenvalue weighted by atomic mass is 16.5. The van der Waals surface area contributed by atoms with Gasteiger partial charge in [-0.05, 0) is 5.56 Å². The zero-order valence-electron chi connectivity index (χ0n) is 11.1. The van der Waals surface area contributed by atoms with E-state index in [0.29, 0.717) is 5.76 Å². The van der Waals surface area contributed by atoms with E-state index >= 15 is 0 Å². The van der Waals surface area contributed by atoms with Gasteiger partial charge in [-0.2, -0.15) is 0 Å². The summed E-state index contributed by atoms with van der Waals surface area (Å²) >= 11 is 0. The van der Waals surface area contributed by atoms with Crippen molar-refractivity contribution in [1.82, 2.24) is 0 Å². The highest BCUT2D eigenvalue weighted by Gasteiger charge is 2.29. The Balaban J connectivity index is 2.05. The molecular weight excluding hydrogens is 252 g/mol. The van der Waals surface area contributed by atoms with Crippen LogP contribution in [0.5, 0.6) is 0 Å². The van der Waals surface area contributed by atoms with Gasteiger partial charge < -0.3 is 9.47 Å². The summed E-state index contributed by atoms with van der Waals surface area (Å²) in [4.78, 5) is 11.4. The number of methoxy groups -OCH3 is 1. The molecule has 1 atom stereocenters. The standard InChI is InChI=1S/C17H14O3/c1-19-16(18)11-15-13-9-5-6-10-14(13)17(20-15)12-7-3-2-4-8-12/h2-11,17H,1H3/b15-11-. The van der Waals surface area contributed by atoms with Crippen molar-refractivity contribution in [3.8, 4) is 0 Å². The Bertz CT molecular complexity index is 659. The molecule has 2 aromatic carbocycles. The number of carbonyl (C=O) groups is 1. The molecule has 1 aliphatic heterocycles. The summed E-state index contributed by atoms with van der Waals surface area (Å²) in [6.07, 6.45) is 1.21. The summed E-state index contributed by atoms with van der Waals surface area (Å²) < 4.78 is 10.6. The topological polar surface area (TPSA) is 35.5 Å². The van der Waals surface area contributed by atoms with Crippen molar-refractivity contribution in [2.75, 3.05) is 7.11 Å². The summed E-state index contributed by atoms with van der Waals surface area (Å²) in [7, 11) is 1.36. The fraction of sp³-hybridized carbons (Fsp3) is 0.118. The number of ether oxygens (including phenoxy) is 2. The summed E-state index contributed by atoms with van der Waals surface area (Å²) in [5, 5.41) is 0. The van der Waals surface area contributed by atoms with Crippen molar-refractivity contribution in [1.29, 1.82) is 0 Å². The van der Waals surface area contributed by atoms with Crippen LogP contribution in [0.15, 0.2) is 60.7 Å². The summed E-state index contributed by atoms with van der Waals surface area (Å²) in [6.45, 7) is 0. The molecule has 3 heteroatoms. The Morgan fingerprint density at radius 3 is 2.55 bits per heavy atom. The van der Waals surface area contributed by atoms with E-state index in [2.05, 4.69) is 4.74 Å². The van der Waals surface area contributed by atoms with Gasteiger partial charge in [0.1, 0.15) is 11.9 Å². The highest BCUT2D eigenvalue weighted by Crippen LogP contribution is 2.41. The molecule has 0 saturated carbocycles. The van der Waals surface area contributed by atoms with Crippen molar-refractivity contribution in [2.45, 2.75) is 6.10 Å². The van der Waals surface area contributed by atoms with Crippen LogP contribution in [0.25, 0.3) is 5.76 Å². The lowest BCUT2D eigenvalue weighted by atomic mass is 9.99. The number of hydrogen-bond donors (Lipinski definition) is 0. The van der Waals surface area contributed by atoms with Crippen LogP contribution in [0, 0.1) is 0 Å². The van der Waals surface area contributed by atoms with Crippen LogP contribution in [0.1, 0.15) is 22.8 Å². The van der Waals surface area contributed by atoms with Crippen LogP contribution in [-0.4, -0.2) is 13.1 Å². The van der Waals surface area contributed by atoms with E-state index in [1.54, 1.807) is 0 Å². The first-order valence-corrected chi connectivity index (χ1v) is 6.40. The Hall–Kier alpha value is -2.55. The third-order valence-corrected chi connectivity index (χ3v) is 3.31. The van der Waals surface area contributed by atoms with Gasteiger partial charge in [0.2, 0.25) is 0 Å². The Morgan fingerprint density at radius 2 is 1.80 bits per heavy atom. The summed E-state index contributed by atoms with van der Waals surface area (Å²) in [5.41, 5.74) is 3.06. The number of carbonyl (C=O) groups excluding carboxylic acids is 1. The second-order valence-corrected chi connectivity index (χ2v) is 4.53. The predicted molar refractivity (Wildman–Crippen MR) is 75.8 cm³/mol. The zero-order valence-corrected chi connectivity index (χ0v) is 11.1. The maximum atomic E-state index is 11.4. The molecule has 1 aliphatic rings. The molecule has 2 aromatic rings. The maximum Gasteiger partial charge on any atom is 0.334 e. The molecule has 0 fully saturated rings. The molecule has 0 bridgehead atoms. The average molecular weight is 266 g/mol. The minimum atomic E-state index is -0.413. The highest BCUT2D eigenvalue weighted by molar-refractivity contribution is 5.91. The molecule has 3 nitrogen and oxygen atoms in total. The van der Waals surface area contributed by atoms with Crippen LogP contribution in [0.3, 0.4) is 0 Å². The molecule has 0 aromatic heterocycles. The van der Waals surface area contributed by atoms with Crippen molar-refractivity contribution >= 4 is 11.7 Å². The van der Waals surface area contributed by atoms with E-state index in [9.17, 15) is 4.79 Å². The molecule has 0 saturated heterocycles. The van der Waals surface area contributed by atoms with Gasteiger partial charge in [0.05, 0.1) is 13.2 Å². The van der Waals surface area contributed by atoms with E-state index in [0.717, 1.165) is 16.7 Å². The van der Waals surface area contributed by atoms with Gasteiger partial charge in [-0.1, -0.05) is 54.6 Å². The largest absolute Gasteiger partial charge is 0.480 e. The molecule has 0 amide bonds. The average Bonchev–Trinajstić information content (AvgIpc) is 2.87. The number of benzene rings is 2. The molecule has 0 aliphatic carbocycles. The predicted octanol–water partition coefficient (Wildman–Crippen LogP) is 3.32. The van der Waals surface area contributed by atoms with E-state index in [1.165, 1.54) is 13.2 Å². The van der Waals surface area contributed by atoms with Crippen LogP contribution in [0.4, 0.5) is 0 Å². The van der Waals surface area contributed by atoms with Crippen molar-refractivity contribution < 1.29 is 14.3 Å². The van der Waals surface area contributed by atoms with Crippen LogP contribution >= 0.6 is 0 Å². The molecule has 0 spiro atoms. The molecule has 100 valence electrons. The molecule has 1 unspecified atom stereocenters. The molecule has 3 rings (SSSR count). The zero-order chi connectivity index (χ0) is 13.9. The number of hydrogen-bond acceptors (Lipinski definition) is 3. The van der Waals surface area contributed by atoms with Crippen LogP contribution < -0.4 is 0 Å². The third-order valence-electron chi connectivity index (χ3n) is 3.31. The number of esters is 1. The fourth-order valence-electron chi connectivity index (χ4n) is 2.36. The first-order chi connectivity index (χ1) is 9.79. The lowest BCUT2D eigenvalue weighted by Crippen LogP contribution is -1.99. The first-order valence-electron chi connectivity index (χ1n) is 6.40. The van der Waals surface area contributed by atoms with Gasteiger partial charge in [0.25, 0.3) is 0 Å². The Kier molecular flexibility index (Phi) is 3.25. The van der Waals surface area contributed by atoms with Crippen molar-refractivity contribution in [3.63, 3.8) is 0 Å². The maximum absolute atomic E-state index is 11.4. The monoisotopic (exact) mass is 266 g/mol. The molecule has 0 N–H and O–H groups in total. The van der Waals surface area contributed by atoms with Crippen LogP contribution in [0.2, 0.25) is 0 Å². The third kappa shape index (κ3) is 2.18. The molecule has 20 heavy (non-hydrogen) atoms. The Morgan fingerprint density at radius 1 is 1.10 bits per heavy atom. The SMILES string of the molecule is COC(=O)/C=C1\OC(c2ccccc2)c2ccccc21. The minimum Gasteiger partial charge on any atom is -0.480 e. The quantitative estimate of drug-likeness (QED) is 0.618. The van der Waals surface area contributed by atoms with Gasteiger partial charge in [-0.15, -0.1) is 0 Å². The van der Waals surface area contributed by atoms with Gasteiger partial charge in [-0.25, -0.2) is 4.79 Å². The lowest BCUT2D eigenvalue weighted by molar-refractivity contribution is -0.134. The van der Waals surface area contributed by atoms with Gasteiger partial charge in [0, 0.05) is 11.1 Å². The van der Waals surface area contributed by atoms with Crippen molar-refractivity contribution in [3.05, 3.63) is 77.4 Å². The molecule has 1 heterocycles. The second-order valence-electron chi connectivity index (χ2n) is 4.53. The minimum absolute atomic E-state index is 0.177.